The number of rotatable bonds is 4. The Kier molecular flexibility index (Phi) is 4.32. The van der Waals surface area contributed by atoms with E-state index in [-0.39, 0.29) is 4.90 Å². The molecule has 0 saturated carbocycles. The Morgan fingerprint density at radius 2 is 1.95 bits per heavy atom. The first-order valence-electron chi connectivity index (χ1n) is 6.00. The minimum absolute atomic E-state index is 0.180. The summed E-state index contributed by atoms with van der Waals surface area (Å²) in [7, 11) is -3.65. The summed E-state index contributed by atoms with van der Waals surface area (Å²) < 4.78 is 27.2. The van der Waals surface area contributed by atoms with E-state index in [1.807, 2.05) is 6.92 Å². The molecule has 0 spiro atoms. The molecule has 0 unspecified atom stereocenters. The zero-order valence-corrected chi connectivity index (χ0v) is 12.5. The number of benzene rings is 2. The van der Waals surface area contributed by atoms with Crippen LogP contribution in [0.2, 0.25) is 5.02 Å². The van der Waals surface area contributed by atoms with E-state index in [0.717, 1.165) is 11.1 Å². The lowest BCUT2D eigenvalue weighted by Crippen LogP contribution is -2.14. The summed E-state index contributed by atoms with van der Waals surface area (Å²) in [5.41, 5.74) is 7.55. The normalized spacial score (nSPS) is 11.3. The number of hydrogen-bond donors (Lipinski definition) is 2. The average Bonchev–Trinajstić information content (AvgIpc) is 2.43. The van der Waals surface area contributed by atoms with Gasteiger partial charge in [-0.05, 0) is 42.3 Å². The summed E-state index contributed by atoms with van der Waals surface area (Å²) in [6.45, 7) is 2.10. The molecule has 2 rings (SSSR count). The minimum atomic E-state index is -3.65. The van der Waals surface area contributed by atoms with Crippen LogP contribution in [0, 0.1) is 6.92 Å². The summed E-state index contributed by atoms with van der Waals surface area (Å²) in [4.78, 5) is 0.180. The third-order valence-corrected chi connectivity index (χ3v) is 4.49. The first-order valence-corrected chi connectivity index (χ1v) is 7.86. The van der Waals surface area contributed by atoms with Crippen molar-refractivity contribution >= 4 is 27.3 Å². The smallest absolute Gasteiger partial charge is 0.261 e. The number of aryl methyl sites for hydroxylation is 1. The van der Waals surface area contributed by atoms with E-state index in [2.05, 4.69) is 4.72 Å². The zero-order valence-electron chi connectivity index (χ0n) is 10.9. The van der Waals surface area contributed by atoms with Crippen LogP contribution in [-0.2, 0) is 16.6 Å². The van der Waals surface area contributed by atoms with Crippen LogP contribution in [0.3, 0.4) is 0 Å². The summed E-state index contributed by atoms with van der Waals surface area (Å²) in [6.07, 6.45) is 0. The van der Waals surface area contributed by atoms with Gasteiger partial charge in [0.15, 0.2) is 0 Å². The van der Waals surface area contributed by atoms with Crippen LogP contribution >= 0.6 is 11.6 Å². The Morgan fingerprint density at radius 1 is 1.20 bits per heavy atom. The largest absolute Gasteiger partial charge is 0.326 e. The fraction of sp³-hybridized carbons (Fsp3) is 0.143. The SMILES string of the molecule is Cc1ccc(Cl)cc1NS(=O)(=O)c1cccc(CN)c1. The topological polar surface area (TPSA) is 72.2 Å². The molecule has 0 atom stereocenters. The fourth-order valence-electron chi connectivity index (χ4n) is 1.75. The molecule has 0 saturated heterocycles. The van der Waals surface area contributed by atoms with E-state index < -0.39 is 10.0 Å². The molecule has 0 aliphatic carbocycles. The van der Waals surface area contributed by atoms with Crippen LogP contribution in [0.25, 0.3) is 0 Å². The Balaban J connectivity index is 2.38. The van der Waals surface area contributed by atoms with E-state index >= 15 is 0 Å². The van der Waals surface area contributed by atoms with Gasteiger partial charge in [0.1, 0.15) is 0 Å². The second-order valence-electron chi connectivity index (χ2n) is 4.42. The van der Waals surface area contributed by atoms with Gasteiger partial charge in [-0.15, -0.1) is 0 Å². The molecule has 2 aromatic carbocycles. The molecule has 0 fully saturated rings. The molecule has 0 heterocycles. The molecule has 3 N–H and O–H groups in total. The van der Waals surface area contributed by atoms with Gasteiger partial charge in [0.05, 0.1) is 10.6 Å². The maximum Gasteiger partial charge on any atom is 0.261 e. The van der Waals surface area contributed by atoms with Crippen LogP contribution in [0.4, 0.5) is 5.69 Å². The third kappa shape index (κ3) is 3.30. The van der Waals surface area contributed by atoms with Gasteiger partial charge in [-0.3, -0.25) is 4.72 Å². The Morgan fingerprint density at radius 3 is 2.65 bits per heavy atom. The van der Waals surface area contributed by atoms with Gasteiger partial charge >= 0.3 is 0 Å². The van der Waals surface area contributed by atoms with Gasteiger partial charge in [-0.2, -0.15) is 0 Å². The van der Waals surface area contributed by atoms with Crippen molar-refractivity contribution in [3.63, 3.8) is 0 Å². The van der Waals surface area contributed by atoms with E-state index in [1.165, 1.54) is 6.07 Å². The number of halogens is 1. The maximum absolute atomic E-state index is 12.3. The molecule has 0 aliphatic rings. The second kappa shape index (κ2) is 5.83. The summed E-state index contributed by atoms with van der Waals surface area (Å²) in [6, 6.07) is 11.6. The number of sulfonamides is 1. The summed E-state index contributed by atoms with van der Waals surface area (Å²) in [5.74, 6) is 0. The number of nitrogens with two attached hydrogens (primary N) is 1. The number of hydrogen-bond acceptors (Lipinski definition) is 3. The Bertz CT molecular complexity index is 730. The lowest BCUT2D eigenvalue weighted by molar-refractivity contribution is 0.601. The van der Waals surface area contributed by atoms with Crippen molar-refractivity contribution in [2.75, 3.05) is 4.72 Å². The molecule has 0 radical (unpaired) electrons. The Labute approximate surface area is 123 Å². The molecule has 0 aromatic heterocycles. The highest BCUT2D eigenvalue weighted by Crippen LogP contribution is 2.23. The van der Waals surface area contributed by atoms with Crippen LogP contribution in [0.1, 0.15) is 11.1 Å². The van der Waals surface area contributed by atoms with Crippen molar-refractivity contribution in [2.24, 2.45) is 5.73 Å². The molecule has 0 amide bonds. The fourth-order valence-corrected chi connectivity index (χ4v) is 3.11. The first kappa shape index (κ1) is 14.8. The lowest BCUT2D eigenvalue weighted by atomic mass is 10.2. The van der Waals surface area contributed by atoms with Crippen molar-refractivity contribution in [3.8, 4) is 0 Å². The third-order valence-electron chi connectivity index (χ3n) is 2.89. The molecular formula is C14H15ClN2O2S. The molecule has 6 heteroatoms. The summed E-state index contributed by atoms with van der Waals surface area (Å²) >= 11 is 5.89. The van der Waals surface area contributed by atoms with E-state index in [0.29, 0.717) is 17.3 Å². The van der Waals surface area contributed by atoms with Gasteiger partial charge in [-0.1, -0.05) is 29.8 Å². The highest BCUT2D eigenvalue weighted by atomic mass is 35.5. The molecular weight excluding hydrogens is 296 g/mol. The van der Waals surface area contributed by atoms with Crippen molar-refractivity contribution < 1.29 is 8.42 Å². The monoisotopic (exact) mass is 310 g/mol. The van der Waals surface area contributed by atoms with Crippen LogP contribution in [0.5, 0.6) is 0 Å². The molecule has 2 aromatic rings. The molecule has 106 valence electrons. The highest BCUT2D eigenvalue weighted by Gasteiger charge is 2.15. The quantitative estimate of drug-likeness (QED) is 0.912. The number of nitrogens with one attached hydrogen (secondary N) is 1. The lowest BCUT2D eigenvalue weighted by Gasteiger charge is -2.11. The van der Waals surface area contributed by atoms with Gasteiger partial charge in [-0.25, -0.2) is 8.42 Å². The predicted molar refractivity (Wildman–Crippen MR) is 81.3 cm³/mol. The Hall–Kier alpha value is -1.56. The van der Waals surface area contributed by atoms with Crippen LogP contribution < -0.4 is 10.5 Å². The van der Waals surface area contributed by atoms with Crippen molar-refractivity contribution in [2.45, 2.75) is 18.4 Å². The molecule has 20 heavy (non-hydrogen) atoms. The van der Waals surface area contributed by atoms with E-state index in [1.54, 1.807) is 36.4 Å². The van der Waals surface area contributed by atoms with Crippen molar-refractivity contribution in [1.29, 1.82) is 0 Å². The standard InChI is InChI=1S/C14H15ClN2O2S/c1-10-5-6-12(15)8-14(10)17-20(18,19)13-4-2-3-11(7-13)9-16/h2-8,17H,9,16H2,1H3. The zero-order chi connectivity index (χ0) is 14.8. The first-order chi connectivity index (χ1) is 9.42. The number of anilines is 1. The van der Waals surface area contributed by atoms with Crippen molar-refractivity contribution in [1.82, 2.24) is 0 Å². The van der Waals surface area contributed by atoms with E-state index in [4.69, 9.17) is 17.3 Å². The predicted octanol–water partition coefficient (Wildman–Crippen LogP) is 2.91. The molecule has 4 nitrogen and oxygen atoms in total. The summed E-state index contributed by atoms with van der Waals surface area (Å²) in [5, 5.41) is 0.476. The molecule has 0 bridgehead atoms. The average molecular weight is 311 g/mol. The highest BCUT2D eigenvalue weighted by molar-refractivity contribution is 7.92. The second-order valence-corrected chi connectivity index (χ2v) is 6.54. The molecule has 0 aliphatic heterocycles. The maximum atomic E-state index is 12.3. The van der Waals surface area contributed by atoms with Gasteiger partial charge in [0, 0.05) is 11.6 Å². The van der Waals surface area contributed by atoms with Crippen LogP contribution in [0.15, 0.2) is 47.4 Å². The van der Waals surface area contributed by atoms with Crippen molar-refractivity contribution in [3.05, 3.63) is 58.6 Å². The van der Waals surface area contributed by atoms with E-state index in [9.17, 15) is 8.42 Å². The van der Waals surface area contributed by atoms with Gasteiger partial charge < -0.3 is 5.73 Å². The van der Waals surface area contributed by atoms with Gasteiger partial charge in [0.25, 0.3) is 10.0 Å². The minimum Gasteiger partial charge on any atom is -0.326 e. The van der Waals surface area contributed by atoms with Crippen LogP contribution in [-0.4, -0.2) is 8.42 Å². The van der Waals surface area contributed by atoms with Gasteiger partial charge in [0.2, 0.25) is 0 Å².